The second-order valence-corrected chi connectivity index (χ2v) is 7.00. The normalized spacial score (nSPS) is 25.0. The smallest absolute Gasteiger partial charge is 0.238 e. The van der Waals surface area contributed by atoms with E-state index in [-0.39, 0.29) is 17.6 Å². The minimum Gasteiger partial charge on any atom is -0.366 e. The molecule has 1 aromatic rings. The fourth-order valence-electron chi connectivity index (χ4n) is 2.23. The summed E-state index contributed by atoms with van der Waals surface area (Å²) in [7, 11) is 0.0692. The van der Waals surface area contributed by atoms with Gasteiger partial charge in [-0.25, -0.2) is 18.4 Å². The number of likely N-dealkylation sites (N-methyl/N-ethyl adjacent to an activating group) is 1. The summed E-state index contributed by atoms with van der Waals surface area (Å²) in [5, 5.41) is 5.03. The van der Waals surface area contributed by atoms with Gasteiger partial charge >= 0.3 is 0 Å². The second-order valence-electron chi connectivity index (χ2n) is 5.44. The zero-order valence-corrected chi connectivity index (χ0v) is 13.0. The molecular formula is C14H18N2O4S. The van der Waals surface area contributed by atoms with E-state index in [1.54, 1.807) is 12.1 Å². The van der Waals surface area contributed by atoms with Gasteiger partial charge in [0.05, 0.1) is 22.6 Å². The Balaban J connectivity index is 2.04. The number of nitrogens with two attached hydrogens (primary N) is 1. The fraction of sp³-hybridized carbons (Fsp3) is 0.429. The third-order valence-corrected chi connectivity index (χ3v) is 4.87. The minimum absolute atomic E-state index is 0.0595. The van der Waals surface area contributed by atoms with Gasteiger partial charge in [0.2, 0.25) is 10.0 Å². The van der Waals surface area contributed by atoms with Crippen molar-refractivity contribution in [1.29, 1.82) is 0 Å². The van der Waals surface area contributed by atoms with Gasteiger partial charge in [-0.2, -0.15) is 0 Å². The van der Waals surface area contributed by atoms with Crippen LogP contribution in [-0.4, -0.2) is 45.0 Å². The average molecular weight is 310 g/mol. The van der Waals surface area contributed by atoms with Gasteiger partial charge in [-0.3, -0.25) is 4.90 Å². The number of primary sulfonamides is 1. The Morgan fingerprint density at radius 3 is 2.29 bits per heavy atom. The molecule has 0 radical (unpaired) electrons. The van der Waals surface area contributed by atoms with E-state index < -0.39 is 15.6 Å². The predicted molar refractivity (Wildman–Crippen MR) is 77.7 cm³/mol. The second kappa shape index (κ2) is 5.36. The van der Waals surface area contributed by atoms with Crippen LogP contribution in [0.2, 0.25) is 0 Å². The Bertz CT molecular complexity index is 690. The predicted octanol–water partition coefficient (Wildman–Crippen LogP) is 0.311. The van der Waals surface area contributed by atoms with Crippen LogP contribution < -0.4 is 5.14 Å². The van der Waals surface area contributed by atoms with Crippen molar-refractivity contribution < 1.29 is 17.9 Å². The Labute approximate surface area is 124 Å². The number of hydrogen-bond donors (Lipinski definition) is 1. The Morgan fingerprint density at radius 1 is 1.33 bits per heavy atom. The molecular weight excluding hydrogens is 292 g/mol. The zero-order valence-electron chi connectivity index (χ0n) is 12.2. The lowest BCUT2D eigenvalue weighted by molar-refractivity contribution is 0.0691. The first kappa shape index (κ1) is 15.9. The number of rotatable bonds is 5. The maximum absolute atomic E-state index is 11.2. The van der Waals surface area contributed by atoms with Crippen molar-refractivity contribution in [1.82, 2.24) is 4.90 Å². The topological polar surface area (TPSA) is 89.7 Å². The molecule has 0 heterocycles. The lowest BCUT2D eigenvalue weighted by Crippen LogP contribution is -2.31. The molecule has 114 valence electrons. The van der Waals surface area contributed by atoms with E-state index in [0.717, 1.165) is 5.56 Å². The number of nitrogens with zero attached hydrogens (tertiary/aromatic N) is 1. The molecule has 21 heavy (non-hydrogen) atoms. The van der Waals surface area contributed by atoms with Gasteiger partial charge in [-0.15, -0.1) is 0 Å². The van der Waals surface area contributed by atoms with Crippen molar-refractivity contribution in [2.75, 3.05) is 14.1 Å². The lowest BCUT2D eigenvalue weighted by Gasteiger charge is -2.18. The largest absolute Gasteiger partial charge is 0.366 e. The van der Waals surface area contributed by atoms with E-state index in [1.807, 2.05) is 31.9 Å². The van der Waals surface area contributed by atoms with Crippen molar-refractivity contribution in [3.63, 3.8) is 0 Å². The van der Waals surface area contributed by atoms with Gasteiger partial charge < -0.3 is 4.74 Å². The third-order valence-electron chi connectivity index (χ3n) is 3.94. The monoisotopic (exact) mass is 310 g/mol. The number of hydrogen-bond acceptors (Lipinski definition) is 5. The van der Waals surface area contributed by atoms with Crippen LogP contribution >= 0.6 is 0 Å². The molecule has 1 saturated carbocycles. The molecule has 0 aliphatic heterocycles. The molecule has 1 fully saturated rings. The molecule has 2 atom stereocenters. The summed E-state index contributed by atoms with van der Waals surface area (Å²) < 4.78 is 28.0. The first-order chi connectivity index (χ1) is 9.71. The van der Waals surface area contributed by atoms with Gasteiger partial charge in [0, 0.05) is 0 Å². The van der Waals surface area contributed by atoms with E-state index in [4.69, 9.17) is 9.88 Å². The van der Waals surface area contributed by atoms with Gasteiger partial charge in [-0.05, 0) is 38.7 Å². The van der Waals surface area contributed by atoms with Crippen LogP contribution in [0.5, 0.6) is 0 Å². The molecule has 0 aromatic heterocycles. The molecule has 0 amide bonds. The molecule has 1 aromatic carbocycles. The fourth-order valence-corrected chi connectivity index (χ4v) is 2.74. The van der Waals surface area contributed by atoms with Crippen LogP contribution in [0.1, 0.15) is 12.5 Å². The van der Waals surface area contributed by atoms with Crippen LogP contribution in [-0.2, 0) is 26.2 Å². The summed E-state index contributed by atoms with van der Waals surface area (Å²) in [6.07, 6.45) is -0.289. The Hall–Kier alpha value is -1.50. The average Bonchev–Trinajstić information content (AvgIpc) is 3.01. The van der Waals surface area contributed by atoms with Crippen LogP contribution in [0.15, 0.2) is 34.7 Å². The highest BCUT2D eigenvalue weighted by Gasteiger charge is 2.61. The van der Waals surface area contributed by atoms with Gasteiger partial charge in [-0.1, -0.05) is 12.1 Å². The van der Waals surface area contributed by atoms with E-state index in [0.29, 0.717) is 5.57 Å². The maximum Gasteiger partial charge on any atom is 0.238 e. The van der Waals surface area contributed by atoms with Crippen molar-refractivity contribution in [2.45, 2.75) is 30.1 Å². The summed E-state index contributed by atoms with van der Waals surface area (Å²) in [6.45, 7) is 2.20. The molecule has 2 N–H and O–H groups in total. The molecule has 7 heteroatoms. The molecule has 6 nitrogen and oxygen atoms in total. The van der Waals surface area contributed by atoms with Crippen molar-refractivity contribution in [3.8, 4) is 0 Å². The number of carbonyl (C=O) groups excluding carboxylic acids is 1. The van der Waals surface area contributed by atoms with E-state index in [9.17, 15) is 13.2 Å². The highest BCUT2D eigenvalue weighted by atomic mass is 32.2. The molecule has 2 unspecified atom stereocenters. The van der Waals surface area contributed by atoms with Crippen molar-refractivity contribution in [3.05, 3.63) is 35.4 Å². The first-order valence-electron chi connectivity index (χ1n) is 6.37. The van der Waals surface area contributed by atoms with Crippen LogP contribution in [0.25, 0.3) is 0 Å². The third kappa shape index (κ3) is 2.92. The van der Waals surface area contributed by atoms with Gasteiger partial charge in [0.15, 0.2) is 0 Å². The summed E-state index contributed by atoms with van der Waals surface area (Å²) in [5.41, 5.74) is 0.983. The molecule has 0 spiro atoms. The summed E-state index contributed by atoms with van der Waals surface area (Å²) in [4.78, 5) is 12.9. The zero-order chi connectivity index (χ0) is 15.8. The summed E-state index contributed by atoms with van der Waals surface area (Å²) in [5.74, 6) is 1.93. The van der Waals surface area contributed by atoms with E-state index in [2.05, 4.69) is 0 Å². The molecule has 0 bridgehead atoms. The number of ether oxygens (including phenoxy) is 1. The Kier molecular flexibility index (Phi) is 4.06. The molecule has 0 saturated heterocycles. The molecule has 2 rings (SSSR count). The highest BCUT2D eigenvalue weighted by molar-refractivity contribution is 7.89. The van der Waals surface area contributed by atoms with E-state index >= 15 is 0 Å². The van der Waals surface area contributed by atoms with Gasteiger partial charge in [0.1, 0.15) is 12.0 Å². The highest BCUT2D eigenvalue weighted by Crippen LogP contribution is 2.47. The standard InChI is InChI=1S/C14H18N2O4S/c1-14(16(2)3)12(8-17)13(14)20-9-10-4-6-11(7-5-10)21(15,18)19/h4-7,13H,9H2,1-3H3,(H2,15,18,19). The SMILES string of the molecule is CN(C)C1(C)C(=C=O)C1OCc1ccc(S(N)(=O)=O)cc1. The van der Waals surface area contributed by atoms with Crippen molar-refractivity contribution in [2.24, 2.45) is 5.14 Å². The lowest BCUT2D eigenvalue weighted by atomic mass is 10.2. The van der Waals surface area contributed by atoms with Crippen molar-refractivity contribution >= 4 is 16.0 Å². The number of sulfonamides is 1. The molecule has 1 aliphatic carbocycles. The van der Waals surface area contributed by atoms with E-state index in [1.165, 1.54) is 12.1 Å². The quantitative estimate of drug-likeness (QED) is 0.791. The molecule has 1 aliphatic rings. The van der Waals surface area contributed by atoms with Crippen LogP contribution in [0.4, 0.5) is 0 Å². The number of benzene rings is 1. The van der Waals surface area contributed by atoms with Crippen LogP contribution in [0, 0.1) is 0 Å². The van der Waals surface area contributed by atoms with Gasteiger partial charge in [0.25, 0.3) is 0 Å². The summed E-state index contributed by atoms with van der Waals surface area (Å²) in [6, 6.07) is 6.14. The Morgan fingerprint density at radius 2 is 1.90 bits per heavy atom. The van der Waals surface area contributed by atoms with Crippen LogP contribution in [0.3, 0.4) is 0 Å². The first-order valence-corrected chi connectivity index (χ1v) is 7.92. The minimum atomic E-state index is -3.68. The maximum atomic E-state index is 11.2. The summed E-state index contributed by atoms with van der Waals surface area (Å²) >= 11 is 0.